The van der Waals surface area contributed by atoms with Crippen molar-refractivity contribution in [2.75, 3.05) is 33.5 Å². The van der Waals surface area contributed by atoms with Gasteiger partial charge in [-0.15, -0.1) is 11.3 Å². The minimum Gasteiger partial charge on any atom is -0.493 e. The summed E-state index contributed by atoms with van der Waals surface area (Å²) in [6.07, 6.45) is 3.09. The van der Waals surface area contributed by atoms with Crippen LogP contribution in [0.2, 0.25) is 0 Å². The molecule has 2 heterocycles. The molecule has 1 saturated heterocycles. The molecule has 1 aromatic heterocycles. The Kier molecular flexibility index (Phi) is 7.68. The second-order valence-corrected chi connectivity index (χ2v) is 7.70. The summed E-state index contributed by atoms with van der Waals surface area (Å²) in [4.78, 5) is 15.6. The van der Waals surface area contributed by atoms with Gasteiger partial charge in [-0.05, 0) is 42.0 Å². The molecule has 146 valence electrons. The minimum absolute atomic E-state index is 0.0167. The number of ether oxygens (including phenoxy) is 3. The van der Waals surface area contributed by atoms with E-state index in [1.807, 2.05) is 29.2 Å². The molecule has 0 bridgehead atoms. The van der Waals surface area contributed by atoms with Gasteiger partial charge in [-0.3, -0.25) is 4.79 Å². The molecule has 2 aromatic rings. The number of amides is 1. The lowest BCUT2D eigenvalue weighted by Gasteiger charge is -2.25. The van der Waals surface area contributed by atoms with Gasteiger partial charge in [0.1, 0.15) is 12.4 Å². The SMILES string of the molecule is COCC(=O)N(Cc1cccc(OCCc2cccs2)c1)C[C@H]1CCCO1. The summed E-state index contributed by atoms with van der Waals surface area (Å²) >= 11 is 1.74. The van der Waals surface area contributed by atoms with Crippen molar-refractivity contribution in [1.29, 1.82) is 0 Å². The molecule has 0 aliphatic carbocycles. The average molecular weight is 390 g/mol. The Bertz CT molecular complexity index is 698. The van der Waals surface area contributed by atoms with Crippen molar-refractivity contribution < 1.29 is 19.0 Å². The van der Waals surface area contributed by atoms with Crippen LogP contribution in [0.3, 0.4) is 0 Å². The molecular formula is C21H27NO4S. The summed E-state index contributed by atoms with van der Waals surface area (Å²) in [5, 5.41) is 2.08. The van der Waals surface area contributed by atoms with E-state index >= 15 is 0 Å². The Hall–Kier alpha value is -1.89. The molecule has 1 amide bonds. The van der Waals surface area contributed by atoms with E-state index in [0.29, 0.717) is 19.7 Å². The first-order chi connectivity index (χ1) is 13.2. The summed E-state index contributed by atoms with van der Waals surface area (Å²) in [6.45, 7) is 2.65. The van der Waals surface area contributed by atoms with E-state index in [1.165, 1.54) is 4.88 Å². The van der Waals surface area contributed by atoms with Gasteiger partial charge in [-0.25, -0.2) is 0 Å². The maximum absolute atomic E-state index is 12.4. The van der Waals surface area contributed by atoms with Crippen LogP contribution in [0, 0.1) is 0 Å². The zero-order chi connectivity index (χ0) is 18.9. The number of methoxy groups -OCH3 is 1. The summed E-state index contributed by atoms with van der Waals surface area (Å²) in [7, 11) is 1.55. The molecule has 1 aromatic carbocycles. The van der Waals surface area contributed by atoms with E-state index in [4.69, 9.17) is 14.2 Å². The van der Waals surface area contributed by atoms with E-state index < -0.39 is 0 Å². The van der Waals surface area contributed by atoms with Gasteiger partial charge in [0.15, 0.2) is 0 Å². The lowest BCUT2D eigenvalue weighted by Crippen LogP contribution is -2.38. The monoisotopic (exact) mass is 389 g/mol. The van der Waals surface area contributed by atoms with E-state index in [9.17, 15) is 4.79 Å². The van der Waals surface area contributed by atoms with Gasteiger partial charge < -0.3 is 19.1 Å². The Morgan fingerprint density at radius 3 is 3.00 bits per heavy atom. The fourth-order valence-corrected chi connectivity index (χ4v) is 3.87. The van der Waals surface area contributed by atoms with Gasteiger partial charge >= 0.3 is 0 Å². The molecule has 3 rings (SSSR count). The molecule has 0 unspecified atom stereocenters. The van der Waals surface area contributed by atoms with Crippen LogP contribution in [0.4, 0.5) is 0 Å². The number of carbonyl (C=O) groups excluding carboxylic acids is 1. The van der Waals surface area contributed by atoms with E-state index in [0.717, 1.165) is 37.2 Å². The van der Waals surface area contributed by atoms with Gasteiger partial charge in [0.25, 0.3) is 0 Å². The number of thiophene rings is 1. The van der Waals surface area contributed by atoms with Crippen molar-refractivity contribution >= 4 is 17.2 Å². The van der Waals surface area contributed by atoms with E-state index in [-0.39, 0.29) is 18.6 Å². The number of benzene rings is 1. The van der Waals surface area contributed by atoms with Crippen molar-refractivity contribution in [1.82, 2.24) is 4.90 Å². The van der Waals surface area contributed by atoms with Gasteiger partial charge in [-0.1, -0.05) is 18.2 Å². The van der Waals surface area contributed by atoms with Crippen molar-refractivity contribution in [2.24, 2.45) is 0 Å². The molecule has 6 heteroatoms. The molecule has 5 nitrogen and oxygen atoms in total. The second-order valence-electron chi connectivity index (χ2n) is 6.67. The maximum atomic E-state index is 12.4. The summed E-state index contributed by atoms with van der Waals surface area (Å²) in [5.41, 5.74) is 1.05. The highest BCUT2D eigenvalue weighted by Gasteiger charge is 2.22. The van der Waals surface area contributed by atoms with Crippen LogP contribution in [-0.2, 0) is 27.2 Å². The number of hydrogen-bond donors (Lipinski definition) is 0. The summed E-state index contributed by atoms with van der Waals surface area (Å²) in [5.74, 6) is 0.817. The smallest absolute Gasteiger partial charge is 0.248 e. The third-order valence-electron chi connectivity index (χ3n) is 4.54. The first kappa shape index (κ1) is 19.9. The van der Waals surface area contributed by atoms with E-state index in [1.54, 1.807) is 18.4 Å². The van der Waals surface area contributed by atoms with E-state index in [2.05, 4.69) is 17.5 Å². The highest BCUT2D eigenvalue weighted by Crippen LogP contribution is 2.19. The topological polar surface area (TPSA) is 48.0 Å². The van der Waals surface area contributed by atoms with Gasteiger partial charge in [0, 0.05) is 38.1 Å². The number of rotatable bonds is 10. The zero-order valence-electron chi connectivity index (χ0n) is 15.8. The van der Waals surface area contributed by atoms with Crippen molar-refractivity contribution in [3.8, 4) is 5.75 Å². The van der Waals surface area contributed by atoms with Crippen LogP contribution in [0.5, 0.6) is 5.75 Å². The summed E-state index contributed by atoms with van der Waals surface area (Å²) < 4.78 is 16.6. The average Bonchev–Trinajstić information content (AvgIpc) is 3.36. The standard InChI is InChI=1S/C21H27NO4S/c1-24-16-21(23)22(15-19-7-3-10-25-19)14-17-5-2-6-18(13-17)26-11-9-20-8-4-12-27-20/h2,4-6,8,12-13,19H,3,7,9-11,14-16H2,1H3/t19-/m1/s1. The Morgan fingerprint density at radius 1 is 1.33 bits per heavy atom. The summed E-state index contributed by atoms with van der Waals surface area (Å²) in [6, 6.07) is 12.1. The molecular weight excluding hydrogens is 362 g/mol. The first-order valence-electron chi connectivity index (χ1n) is 9.37. The molecule has 0 spiro atoms. The highest BCUT2D eigenvalue weighted by molar-refractivity contribution is 7.09. The van der Waals surface area contributed by atoms with Crippen molar-refractivity contribution in [2.45, 2.75) is 31.9 Å². The van der Waals surface area contributed by atoms with Crippen molar-refractivity contribution in [3.63, 3.8) is 0 Å². The molecule has 0 saturated carbocycles. The highest BCUT2D eigenvalue weighted by atomic mass is 32.1. The zero-order valence-corrected chi connectivity index (χ0v) is 16.6. The molecule has 1 fully saturated rings. The fraction of sp³-hybridized carbons (Fsp3) is 0.476. The first-order valence-corrected chi connectivity index (χ1v) is 10.2. The Morgan fingerprint density at radius 2 is 2.26 bits per heavy atom. The minimum atomic E-state index is -0.0167. The quantitative estimate of drug-likeness (QED) is 0.624. The van der Waals surface area contributed by atoms with Gasteiger partial charge in [0.2, 0.25) is 5.91 Å². The Labute approximate surface area is 164 Å². The van der Waals surface area contributed by atoms with Crippen molar-refractivity contribution in [3.05, 3.63) is 52.2 Å². The molecule has 1 aliphatic rings. The van der Waals surface area contributed by atoms with Gasteiger partial charge in [0.05, 0.1) is 12.7 Å². The van der Waals surface area contributed by atoms with Gasteiger partial charge in [-0.2, -0.15) is 0 Å². The van der Waals surface area contributed by atoms with Crippen LogP contribution < -0.4 is 4.74 Å². The van der Waals surface area contributed by atoms with Crippen LogP contribution in [0.25, 0.3) is 0 Å². The lowest BCUT2D eigenvalue weighted by atomic mass is 10.1. The largest absolute Gasteiger partial charge is 0.493 e. The number of hydrogen-bond acceptors (Lipinski definition) is 5. The van der Waals surface area contributed by atoms with Crippen LogP contribution in [0.15, 0.2) is 41.8 Å². The number of nitrogens with zero attached hydrogens (tertiary/aromatic N) is 1. The predicted molar refractivity (Wildman–Crippen MR) is 106 cm³/mol. The van der Waals surface area contributed by atoms with Crippen LogP contribution in [-0.4, -0.2) is 50.4 Å². The molecule has 1 atom stereocenters. The molecule has 0 N–H and O–H groups in total. The lowest BCUT2D eigenvalue weighted by molar-refractivity contribution is -0.137. The fourth-order valence-electron chi connectivity index (χ4n) is 3.18. The van der Waals surface area contributed by atoms with Crippen LogP contribution in [0.1, 0.15) is 23.3 Å². The molecule has 1 aliphatic heterocycles. The third-order valence-corrected chi connectivity index (χ3v) is 5.47. The van der Waals surface area contributed by atoms with Crippen LogP contribution >= 0.6 is 11.3 Å². The Balaban J connectivity index is 1.57. The molecule has 27 heavy (non-hydrogen) atoms. The maximum Gasteiger partial charge on any atom is 0.248 e. The third kappa shape index (κ3) is 6.34. The predicted octanol–water partition coefficient (Wildman–Crippen LogP) is 3.52. The normalized spacial score (nSPS) is 16.4. The number of carbonyl (C=O) groups is 1. The molecule has 0 radical (unpaired) electrons. The second kappa shape index (κ2) is 10.4.